The van der Waals surface area contributed by atoms with Gasteiger partial charge in [0.15, 0.2) is 0 Å². The molecular weight excluding hydrogens is 264 g/mol. The van der Waals surface area contributed by atoms with Crippen LogP contribution in [0.3, 0.4) is 0 Å². The van der Waals surface area contributed by atoms with Crippen LogP contribution in [0.4, 0.5) is 5.69 Å². The molecule has 20 heavy (non-hydrogen) atoms. The van der Waals surface area contributed by atoms with E-state index in [0.717, 1.165) is 24.2 Å². The summed E-state index contributed by atoms with van der Waals surface area (Å²) in [6.45, 7) is 3.00. The lowest BCUT2D eigenvalue weighted by Gasteiger charge is -2.30. The van der Waals surface area contributed by atoms with Crippen molar-refractivity contribution in [2.45, 2.75) is 19.3 Å². The Balaban J connectivity index is 1.74. The molecule has 2 aromatic carbocycles. The van der Waals surface area contributed by atoms with Gasteiger partial charge in [-0.15, -0.1) is 0 Å². The van der Waals surface area contributed by atoms with Crippen LogP contribution in [0.15, 0.2) is 42.5 Å². The van der Waals surface area contributed by atoms with E-state index in [0.29, 0.717) is 10.9 Å². The van der Waals surface area contributed by atoms with Gasteiger partial charge in [-0.25, -0.2) is 0 Å². The van der Waals surface area contributed by atoms with E-state index in [4.69, 9.17) is 18.0 Å². The molecule has 1 aliphatic carbocycles. The molecule has 0 fully saturated rings. The van der Waals surface area contributed by atoms with Crippen LogP contribution in [0.5, 0.6) is 0 Å². The van der Waals surface area contributed by atoms with Crippen molar-refractivity contribution in [2.24, 2.45) is 5.73 Å². The average Bonchev–Trinajstić information content (AvgIpc) is 2.39. The summed E-state index contributed by atoms with van der Waals surface area (Å²) in [5.74, 6) is 0.589. The van der Waals surface area contributed by atoms with Crippen molar-refractivity contribution in [3.05, 3.63) is 64.7 Å². The first-order chi connectivity index (χ1) is 9.65. The summed E-state index contributed by atoms with van der Waals surface area (Å²) in [5.41, 5.74) is 11.9. The van der Waals surface area contributed by atoms with Gasteiger partial charge in [0.2, 0.25) is 0 Å². The van der Waals surface area contributed by atoms with E-state index in [-0.39, 0.29) is 0 Å². The van der Waals surface area contributed by atoms with Crippen LogP contribution in [-0.2, 0) is 6.42 Å². The van der Waals surface area contributed by atoms with Gasteiger partial charge in [0.1, 0.15) is 4.99 Å². The molecule has 0 spiro atoms. The van der Waals surface area contributed by atoms with Gasteiger partial charge in [-0.3, -0.25) is 0 Å². The van der Waals surface area contributed by atoms with Crippen LogP contribution in [0.1, 0.15) is 28.2 Å². The molecule has 3 rings (SSSR count). The van der Waals surface area contributed by atoms with Gasteiger partial charge in [0.05, 0.1) is 0 Å². The van der Waals surface area contributed by atoms with Gasteiger partial charge in [0, 0.05) is 23.7 Å². The van der Waals surface area contributed by atoms with Crippen LogP contribution < -0.4 is 11.1 Å². The quantitative estimate of drug-likeness (QED) is 0.844. The molecule has 102 valence electrons. The molecule has 2 nitrogen and oxygen atoms in total. The maximum Gasteiger partial charge on any atom is 0.106 e. The molecule has 3 heteroatoms. The van der Waals surface area contributed by atoms with Crippen molar-refractivity contribution in [3.63, 3.8) is 0 Å². The molecule has 0 bridgehead atoms. The van der Waals surface area contributed by atoms with Gasteiger partial charge in [0.25, 0.3) is 0 Å². The number of hydrogen-bond acceptors (Lipinski definition) is 2. The molecular formula is C17H18N2S. The number of anilines is 1. The van der Waals surface area contributed by atoms with E-state index in [1.807, 2.05) is 12.1 Å². The van der Waals surface area contributed by atoms with Gasteiger partial charge < -0.3 is 11.1 Å². The van der Waals surface area contributed by atoms with Crippen molar-refractivity contribution < 1.29 is 0 Å². The highest BCUT2D eigenvalue weighted by Crippen LogP contribution is 2.35. The van der Waals surface area contributed by atoms with Crippen molar-refractivity contribution in [1.29, 1.82) is 0 Å². The van der Waals surface area contributed by atoms with E-state index in [1.54, 1.807) is 0 Å². The van der Waals surface area contributed by atoms with Crippen molar-refractivity contribution >= 4 is 22.9 Å². The average molecular weight is 282 g/mol. The summed E-state index contributed by atoms with van der Waals surface area (Å²) in [5, 5.41) is 3.51. The molecule has 3 N–H and O–H groups in total. The monoisotopic (exact) mass is 282 g/mol. The lowest BCUT2D eigenvalue weighted by atomic mass is 9.77. The topological polar surface area (TPSA) is 38.0 Å². The van der Waals surface area contributed by atoms with Crippen LogP contribution in [0.2, 0.25) is 0 Å². The predicted octanol–water partition coefficient (Wildman–Crippen LogP) is 3.38. The van der Waals surface area contributed by atoms with Crippen molar-refractivity contribution in [1.82, 2.24) is 0 Å². The summed E-state index contributed by atoms with van der Waals surface area (Å²) in [7, 11) is 0. The number of thiocarbonyl (C=S) groups is 1. The largest absolute Gasteiger partial charge is 0.389 e. The summed E-state index contributed by atoms with van der Waals surface area (Å²) >= 11 is 5.12. The van der Waals surface area contributed by atoms with Crippen molar-refractivity contribution in [2.75, 3.05) is 11.9 Å². The Morgan fingerprint density at radius 3 is 2.85 bits per heavy atom. The summed E-state index contributed by atoms with van der Waals surface area (Å²) in [6.07, 6.45) is 1.15. The molecule has 0 aromatic heterocycles. The highest BCUT2D eigenvalue weighted by atomic mass is 32.1. The third-order valence-electron chi connectivity index (χ3n) is 3.94. The standard InChI is InChI=1S/C17H18N2S/c1-11-6-7-15(17(18)20)16(8-11)19-10-13-9-12-4-2-3-5-14(12)13/h2-8,13,19H,9-10H2,1H3,(H2,18,20). The van der Waals surface area contributed by atoms with Crippen LogP contribution in [0.25, 0.3) is 0 Å². The smallest absolute Gasteiger partial charge is 0.106 e. The Hall–Kier alpha value is -1.87. The van der Waals surface area contributed by atoms with Gasteiger partial charge in [-0.2, -0.15) is 0 Å². The number of aryl methyl sites for hydroxylation is 1. The maximum atomic E-state index is 5.79. The number of hydrogen-bond donors (Lipinski definition) is 2. The SMILES string of the molecule is Cc1ccc(C(N)=S)c(NCC2Cc3ccccc32)c1. The fourth-order valence-electron chi connectivity index (χ4n) is 2.80. The number of fused-ring (bicyclic) bond motifs is 1. The highest BCUT2D eigenvalue weighted by Gasteiger charge is 2.25. The normalized spacial score (nSPS) is 16.1. The zero-order valence-corrected chi connectivity index (χ0v) is 12.3. The lowest BCUT2D eigenvalue weighted by molar-refractivity contribution is 0.636. The second kappa shape index (κ2) is 5.25. The van der Waals surface area contributed by atoms with E-state index in [9.17, 15) is 0 Å². The van der Waals surface area contributed by atoms with E-state index < -0.39 is 0 Å². The molecule has 0 saturated carbocycles. The highest BCUT2D eigenvalue weighted by molar-refractivity contribution is 7.80. The van der Waals surface area contributed by atoms with Crippen LogP contribution >= 0.6 is 12.2 Å². The van der Waals surface area contributed by atoms with Crippen LogP contribution in [0, 0.1) is 6.92 Å². The van der Waals surface area contributed by atoms with E-state index in [1.165, 1.54) is 16.7 Å². The number of rotatable bonds is 4. The number of nitrogens with two attached hydrogens (primary N) is 1. The molecule has 0 heterocycles. The van der Waals surface area contributed by atoms with Crippen molar-refractivity contribution in [3.8, 4) is 0 Å². The fourth-order valence-corrected chi connectivity index (χ4v) is 2.98. The Kier molecular flexibility index (Phi) is 3.45. The first-order valence-electron chi connectivity index (χ1n) is 6.87. The second-order valence-corrected chi connectivity index (χ2v) is 5.83. The molecule has 0 saturated heterocycles. The molecule has 1 unspecified atom stereocenters. The number of benzene rings is 2. The Labute approximate surface area is 125 Å². The second-order valence-electron chi connectivity index (χ2n) is 5.39. The third-order valence-corrected chi connectivity index (χ3v) is 4.16. The minimum absolute atomic E-state index is 0.446. The zero-order valence-electron chi connectivity index (χ0n) is 11.5. The van der Waals surface area contributed by atoms with E-state index >= 15 is 0 Å². The Morgan fingerprint density at radius 2 is 2.10 bits per heavy atom. The first-order valence-corrected chi connectivity index (χ1v) is 7.28. The Morgan fingerprint density at radius 1 is 1.30 bits per heavy atom. The molecule has 1 aliphatic rings. The van der Waals surface area contributed by atoms with Gasteiger partial charge in [-0.1, -0.05) is 42.5 Å². The fraction of sp³-hybridized carbons (Fsp3) is 0.235. The van der Waals surface area contributed by atoms with Gasteiger partial charge >= 0.3 is 0 Å². The molecule has 0 amide bonds. The minimum Gasteiger partial charge on any atom is -0.389 e. The summed E-state index contributed by atoms with van der Waals surface area (Å²) in [6, 6.07) is 14.8. The van der Waals surface area contributed by atoms with Gasteiger partial charge in [-0.05, 0) is 42.2 Å². The minimum atomic E-state index is 0.446. The Bertz CT molecular complexity index is 664. The zero-order chi connectivity index (χ0) is 14.1. The summed E-state index contributed by atoms with van der Waals surface area (Å²) < 4.78 is 0. The molecule has 0 aliphatic heterocycles. The predicted molar refractivity (Wildman–Crippen MR) is 88.4 cm³/mol. The maximum absolute atomic E-state index is 5.79. The number of nitrogens with one attached hydrogen (secondary N) is 1. The van der Waals surface area contributed by atoms with E-state index in [2.05, 4.69) is 42.6 Å². The summed E-state index contributed by atoms with van der Waals surface area (Å²) in [4.78, 5) is 0.446. The third kappa shape index (κ3) is 2.41. The van der Waals surface area contributed by atoms with Crippen LogP contribution in [-0.4, -0.2) is 11.5 Å². The lowest BCUT2D eigenvalue weighted by Crippen LogP contribution is -2.25. The first kappa shape index (κ1) is 13.1. The molecule has 0 radical (unpaired) electrons. The molecule has 2 aromatic rings. The molecule has 1 atom stereocenters.